The van der Waals surface area contributed by atoms with Crippen LogP contribution in [0.25, 0.3) is 0 Å². The number of para-hydroxylation sites is 1. The number of amides is 1. The van der Waals surface area contributed by atoms with Crippen LogP contribution in [0.3, 0.4) is 0 Å². The first kappa shape index (κ1) is 18.7. The van der Waals surface area contributed by atoms with Crippen LogP contribution in [0, 0.1) is 13.8 Å². The van der Waals surface area contributed by atoms with Gasteiger partial charge in [0.2, 0.25) is 5.95 Å². The highest BCUT2D eigenvalue weighted by Gasteiger charge is 2.34. The molecule has 0 N–H and O–H groups in total. The van der Waals surface area contributed by atoms with Crippen LogP contribution in [0.15, 0.2) is 24.3 Å². The highest BCUT2D eigenvalue weighted by molar-refractivity contribution is 5.97. The first-order valence-electron chi connectivity index (χ1n) is 9.65. The quantitative estimate of drug-likeness (QED) is 0.796. The van der Waals surface area contributed by atoms with Crippen molar-refractivity contribution in [3.8, 4) is 5.75 Å². The Morgan fingerprint density at radius 3 is 2.61 bits per heavy atom. The number of fused-ring (bicyclic) bond motifs is 1. The second kappa shape index (κ2) is 7.05. The smallest absolute Gasteiger partial charge is 0.257 e. The van der Waals surface area contributed by atoms with Gasteiger partial charge in [-0.15, -0.1) is 0 Å². The molecule has 28 heavy (non-hydrogen) atoms. The minimum absolute atomic E-state index is 0.0265. The lowest BCUT2D eigenvalue weighted by atomic mass is 10.0. The highest BCUT2D eigenvalue weighted by Crippen LogP contribution is 2.38. The summed E-state index contributed by atoms with van der Waals surface area (Å²) in [4.78, 5) is 29.8. The molecule has 1 fully saturated rings. The predicted octanol–water partition coefficient (Wildman–Crippen LogP) is 2.70. The number of hydroxylamine groups is 1. The van der Waals surface area contributed by atoms with Crippen molar-refractivity contribution in [1.29, 1.82) is 0 Å². The van der Waals surface area contributed by atoms with E-state index < -0.39 is 0 Å². The third kappa shape index (κ3) is 3.67. The van der Waals surface area contributed by atoms with Crippen LogP contribution < -0.4 is 9.80 Å². The summed E-state index contributed by atoms with van der Waals surface area (Å²) >= 11 is 0. The lowest BCUT2D eigenvalue weighted by molar-refractivity contribution is 0.0718. The topological polar surface area (TPSA) is 67.8 Å². The normalized spacial score (nSPS) is 18.4. The predicted molar refractivity (Wildman–Crippen MR) is 106 cm³/mol. The number of carbonyl (C=O) groups excluding carboxylic acids is 1. The summed E-state index contributed by atoms with van der Waals surface area (Å²) in [5.41, 5.74) is 3.22. The molecular formula is C21H26N4O3. The molecule has 2 aliphatic rings. The molecule has 3 heterocycles. The van der Waals surface area contributed by atoms with E-state index in [0.29, 0.717) is 37.8 Å². The van der Waals surface area contributed by atoms with Gasteiger partial charge in [0.05, 0.1) is 18.7 Å². The van der Waals surface area contributed by atoms with Crippen molar-refractivity contribution in [3.63, 3.8) is 0 Å². The van der Waals surface area contributed by atoms with Crippen molar-refractivity contribution in [2.24, 2.45) is 0 Å². The molecule has 2 aromatic rings. The van der Waals surface area contributed by atoms with Gasteiger partial charge in [-0.2, -0.15) is 0 Å². The van der Waals surface area contributed by atoms with E-state index in [4.69, 9.17) is 9.57 Å². The van der Waals surface area contributed by atoms with E-state index in [1.54, 1.807) is 5.06 Å². The summed E-state index contributed by atoms with van der Waals surface area (Å²) in [6.45, 7) is 9.90. The van der Waals surface area contributed by atoms with Crippen molar-refractivity contribution < 1.29 is 14.4 Å². The monoisotopic (exact) mass is 382 g/mol. The average molecular weight is 382 g/mol. The fourth-order valence-electron chi connectivity index (χ4n) is 3.78. The van der Waals surface area contributed by atoms with Crippen molar-refractivity contribution in [1.82, 2.24) is 14.9 Å². The molecule has 0 radical (unpaired) electrons. The largest absolute Gasteiger partial charge is 0.486 e. The van der Waals surface area contributed by atoms with Crippen molar-refractivity contribution in [3.05, 3.63) is 46.8 Å². The highest BCUT2D eigenvalue weighted by atomic mass is 16.7. The van der Waals surface area contributed by atoms with E-state index in [2.05, 4.69) is 9.97 Å². The zero-order chi connectivity index (χ0) is 19.9. The lowest BCUT2D eigenvalue weighted by Crippen LogP contribution is -2.36. The number of aryl methyl sites for hydroxylation is 2. The van der Waals surface area contributed by atoms with E-state index in [0.717, 1.165) is 29.1 Å². The van der Waals surface area contributed by atoms with Gasteiger partial charge in [0, 0.05) is 30.9 Å². The molecule has 7 nitrogen and oxygen atoms in total. The van der Waals surface area contributed by atoms with Crippen molar-refractivity contribution in [2.75, 3.05) is 31.3 Å². The van der Waals surface area contributed by atoms with Crippen molar-refractivity contribution >= 4 is 11.9 Å². The lowest BCUT2D eigenvalue weighted by Gasteiger charge is -2.22. The van der Waals surface area contributed by atoms with Gasteiger partial charge in [0.15, 0.2) is 0 Å². The van der Waals surface area contributed by atoms with E-state index in [9.17, 15) is 4.79 Å². The fourth-order valence-corrected chi connectivity index (χ4v) is 3.78. The Morgan fingerprint density at radius 2 is 1.86 bits per heavy atom. The second-order valence-electron chi connectivity index (χ2n) is 8.01. The number of carbonyl (C=O) groups is 1. The maximum absolute atomic E-state index is 13.2. The van der Waals surface area contributed by atoms with Crippen LogP contribution in [-0.2, 0) is 11.3 Å². The number of nitrogens with zero attached hydrogens (tertiary/aromatic N) is 4. The Morgan fingerprint density at radius 1 is 1.11 bits per heavy atom. The Hall–Kier alpha value is -2.67. The first-order valence-corrected chi connectivity index (χ1v) is 9.65. The second-order valence-corrected chi connectivity index (χ2v) is 8.01. The zero-order valence-electron chi connectivity index (χ0n) is 16.9. The Labute approximate surface area is 165 Å². The first-order chi connectivity index (χ1) is 13.3. The molecule has 1 amide bonds. The van der Waals surface area contributed by atoms with Gasteiger partial charge < -0.3 is 9.64 Å². The van der Waals surface area contributed by atoms with E-state index in [-0.39, 0.29) is 11.5 Å². The molecule has 0 aliphatic carbocycles. The summed E-state index contributed by atoms with van der Waals surface area (Å²) in [5.74, 6) is 1.23. The number of hydrogen-bond donors (Lipinski definition) is 0. The average Bonchev–Trinajstić information content (AvgIpc) is 2.79. The van der Waals surface area contributed by atoms with E-state index >= 15 is 0 Å². The molecule has 1 saturated heterocycles. The molecule has 148 valence electrons. The van der Waals surface area contributed by atoms with Gasteiger partial charge >= 0.3 is 0 Å². The van der Waals surface area contributed by atoms with Crippen LogP contribution in [-0.4, -0.2) is 52.6 Å². The van der Waals surface area contributed by atoms with Crippen LogP contribution in [0.2, 0.25) is 0 Å². The summed E-state index contributed by atoms with van der Waals surface area (Å²) in [6, 6.07) is 7.74. The van der Waals surface area contributed by atoms with Crippen LogP contribution in [0.4, 0.5) is 5.95 Å². The molecule has 0 bridgehead atoms. The van der Waals surface area contributed by atoms with Gasteiger partial charge in [0.25, 0.3) is 5.91 Å². The number of benzene rings is 1. The zero-order valence-corrected chi connectivity index (χ0v) is 16.9. The third-order valence-electron chi connectivity index (χ3n) is 4.98. The molecule has 0 spiro atoms. The minimum Gasteiger partial charge on any atom is -0.486 e. The maximum atomic E-state index is 13.2. The van der Waals surface area contributed by atoms with Crippen molar-refractivity contribution in [2.45, 2.75) is 39.7 Å². The van der Waals surface area contributed by atoms with Crippen LogP contribution in [0.1, 0.15) is 41.2 Å². The van der Waals surface area contributed by atoms with Gasteiger partial charge in [-0.3, -0.25) is 9.63 Å². The van der Waals surface area contributed by atoms with Gasteiger partial charge in [-0.25, -0.2) is 15.0 Å². The number of ether oxygens (including phenoxy) is 1. The van der Waals surface area contributed by atoms with Gasteiger partial charge in [-0.05, 0) is 45.4 Å². The Balaban J connectivity index is 1.51. The summed E-state index contributed by atoms with van der Waals surface area (Å²) in [5, 5.41) is 1.68. The molecule has 4 rings (SSSR count). The molecule has 0 atom stereocenters. The Kier molecular flexibility index (Phi) is 4.71. The number of hydrogen-bond acceptors (Lipinski definition) is 6. The SMILES string of the molecule is Cc1cc(C)nc(N2CCN(C(=O)c3cccc4c3OC(C)(C)C4)CCO2)n1. The van der Waals surface area contributed by atoms with E-state index in [1.807, 2.05) is 56.9 Å². The molecule has 1 aromatic heterocycles. The van der Waals surface area contributed by atoms with Crippen LogP contribution >= 0.6 is 0 Å². The van der Waals surface area contributed by atoms with Gasteiger partial charge in [-0.1, -0.05) is 12.1 Å². The standard InChI is InChI=1S/C21H26N4O3/c1-14-12-15(2)23-20(22-14)25-9-8-24(10-11-27-25)19(26)17-7-5-6-16-13-21(3,4)28-18(16)17/h5-7,12H,8-11,13H2,1-4H3. The maximum Gasteiger partial charge on any atom is 0.257 e. The number of rotatable bonds is 2. The number of aromatic nitrogens is 2. The molecule has 2 aliphatic heterocycles. The minimum atomic E-state index is -0.280. The summed E-state index contributed by atoms with van der Waals surface area (Å²) in [7, 11) is 0. The third-order valence-corrected chi connectivity index (χ3v) is 4.98. The molecule has 0 saturated carbocycles. The molecule has 1 aromatic carbocycles. The van der Waals surface area contributed by atoms with E-state index in [1.165, 1.54) is 0 Å². The Bertz CT molecular complexity index is 892. The molecule has 0 unspecified atom stereocenters. The number of anilines is 1. The summed E-state index contributed by atoms with van der Waals surface area (Å²) < 4.78 is 6.08. The summed E-state index contributed by atoms with van der Waals surface area (Å²) in [6.07, 6.45) is 0.810. The molecule has 7 heteroatoms. The molecular weight excluding hydrogens is 356 g/mol. The fraction of sp³-hybridized carbons (Fsp3) is 0.476. The van der Waals surface area contributed by atoms with Gasteiger partial charge in [0.1, 0.15) is 11.4 Å². The van der Waals surface area contributed by atoms with Crippen LogP contribution in [0.5, 0.6) is 5.75 Å².